The van der Waals surface area contributed by atoms with Crippen molar-refractivity contribution in [2.45, 2.75) is 17.4 Å². The van der Waals surface area contributed by atoms with E-state index in [-0.39, 0.29) is 15.4 Å². The maximum Gasteiger partial charge on any atom is 0.144 e. The monoisotopic (exact) mass is 292 g/mol. The van der Waals surface area contributed by atoms with E-state index < -0.39 is 5.60 Å². The van der Waals surface area contributed by atoms with Crippen LogP contribution >= 0.6 is 58.0 Å². The number of rotatable bonds is 0. The molecule has 2 rings (SSSR count). The number of ether oxygens (including phenoxy) is 1. The molecule has 0 bridgehead atoms. The molecule has 0 amide bonds. The zero-order valence-corrected chi connectivity index (χ0v) is 10.6. The van der Waals surface area contributed by atoms with Gasteiger partial charge in [-0.2, -0.15) is 0 Å². The van der Waals surface area contributed by atoms with Gasteiger partial charge in [0.1, 0.15) is 5.60 Å². The lowest BCUT2D eigenvalue weighted by molar-refractivity contribution is 0.0797. The summed E-state index contributed by atoms with van der Waals surface area (Å²) in [6.07, 6.45) is 0.499. The molecule has 78 valence electrons. The van der Waals surface area contributed by atoms with Crippen molar-refractivity contribution < 1.29 is 4.74 Å². The van der Waals surface area contributed by atoms with E-state index in [4.69, 9.17) is 62.7 Å². The summed E-state index contributed by atoms with van der Waals surface area (Å²) in [7, 11) is 0. The van der Waals surface area contributed by atoms with Crippen LogP contribution < -0.4 is 0 Å². The van der Waals surface area contributed by atoms with Crippen LogP contribution in [0.25, 0.3) is 0 Å². The molecular formula is C8H5Cl5O. The zero-order chi connectivity index (χ0) is 10.5. The van der Waals surface area contributed by atoms with Crippen LogP contribution in [0.5, 0.6) is 0 Å². The van der Waals surface area contributed by atoms with Crippen LogP contribution in [0.15, 0.2) is 20.1 Å². The molecule has 1 atom stereocenters. The van der Waals surface area contributed by atoms with Crippen molar-refractivity contribution in [1.82, 2.24) is 0 Å². The minimum atomic E-state index is -0.885. The SMILES string of the molecule is ClC1=C(Cl)C2(CC(Cl)CO2)C(Cl)=C1Cl. The molecule has 14 heavy (non-hydrogen) atoms. The summed E-state index contributed by atoms with van der Waals surface area (Å²) in [5, 5.41) is 1.05. The minimum absolute atomic E-state index is 0.121. The number of alkyl halides is 1. The standard InChI is InChI=1S/C8H5Cl5O/c9-3-1-8(14-2-3)6(12)4(10)5(11)7(8)13/h3H,1-2H2. The van der Waals surface area contributed by atoms with E-state index in [2.05, 4.69) is 0 Å². The summed E-state index contributed by atoms with van der Waals surface area (Å²) in [5.74, 6) is 0. The van der Waals surface area contributed by atoms with E-state index in [0.717, 1.165) is 0 Å². The lowest BCUT2D eigenvalue weighted by Crippen LogP contribution is -2.27. The van der Waals surface area contributed by atoms with Gasteiger partial charge >= 0.3 is 0 Å². The van der Waals surface area contributed by atoms with Crippen molar-refractivity contribution >= 4 is 58.0 Å². The molecule has 1 fully saturated rings. The van der Waals surface area contributed by atoms with Crippen molar-refractivity contribution in [3.8, 4) is 0 Å². The summed E-state index contributed by atoms with van der Waals surface area (Å²) in [6, 6.07) is 0. The molecule has 0 N–H and O–H groups in total. The van der Waals surface area contributed by atoms with Gasteiger partial charge in [-0.25, -0.2) is 0 Å². The maximum absolute atomic E-state index is 6.03. The lowest BCUT2D eigenvalue weighted by Gasteiger charge is -2.23. The fourth-order valence-electron chi connectivity index (χ4n) is 1.61. The van der Waals surface area contributed by atoms with E-state index in [1.807, 2.05) is 0 Å². The molecule has 0 saturated carbocycles. The second-order valence-corrected chi connectivity index (χ2v) is 5.32. The zero-order valence-electron chi connectivity index (χ0n) is 6.79. The second kappa shape index (κ2) is 3.73. The molecule has 1 unspecified atom stereocenters. The van der Waals surface area contributed by atoms with Gasteiger partial charge in [0.25, 0.3) is 0 Å². The van der Waals surface area contributed by atoms with Crippen LogP contribution in [-0.4, -0.2) is 17.6 Å². The molecule has 2 aliphatic rings. The van der Waals surface area contributed by atoms with Gasteiger partial charge < -0.3 is 4.74 Å². The summed E-state index contributed by atoms with van der Waals surface area (Å²) >= 11 is 29.8. The molecule has 1 aliphatic carbocycles. The van der Waals surface area contributed by atoms with Crippen LogP contribution in [0.3, 0.4) is 0 Å². The maximum atomic E-state index is 6.03. The molecule has 1 aliphatic heterocycles. The molecule has 1 nitrogen and oxygen atoms in total. The molecule has 0 radical (unpaired) electrons. The highest BCUT2D eigenvalue weighted by atomic mass is 35.5. The highest BCUT2D eigenvalue weighted by Gasteiger charge is 2.51. The summed E-state index contributed by atoms with van der Waals surface area (Å²) in [6.45, 7) is 0.391. The van der Waals surface area contributed by atoms with Gasteiger partial charge in [-0.3, -0.25) is 0 Å². The molecule has 1 saturated heterocycles. The summed E-state index contributed by atoms with van der Waals surface area (Å²) in [5.41, 5.74) is -0.885. The van der Waals surface area contributed by atoms with Gasteiger partial charge in [-0.1, -0.05) is 46.4 Å². The fraction of sp³-hybridized carbons (Fsp3) is 0.500. The molecule has 1 heterocycles. The lowest BCUT2D eigenvalue weighted by atomic mass is 10.0. The molecular weight excluding hydrogens is 289 g/mol. The largest absolute Gasteiger partial charge is 0.362 e. The van der Waals surface area contributed by atoms with Crippen molar-refractivity contribution in [3.05, 3.63) is 20.1 Å². The number of allylic oxidation sites excluding steroid dienone is 2. The Morgan fingerprint density at radius 1 is 1.07 bits per heavy atom. The first-order valence-corrected chi connectivity index (χ1v) is 5.84. The quantitative estimate of drug-likeness (QED) is 0.610. The van der Waals surface area contributed by atoms with E-state index >= 15 is 0 Å². The Morgan fingerprint density at radius 2 is 1.57 bits per heavy atom. The molecule has 0 aromatic carbocycles. The van der Waals surface area contributed by atoms with Gasteiger partial charge in [-0.05, 0) is 0 Å². The Hall–Kier alpha value is 0.890. The highest BCUT2D eigenvalue weighted by molar-refractivity contribution is 6.54. The molecule has 1 spiro atoms. The number of hydrogen-bond acceptors (Lipinski definition) is 1. The van der Waals surface area contributed by atoms with Gasteiger partial charge in [-0.15, -0.1) is 11.6 Å². The molecule has 6 heteroatoms. The average Bonchev–Trinajstić information content (AvgIpc) is 2.62. The Labute approximate surface area is 107 Å². The Bertz CT molecular complexity index is 322. The Balaban J connectivity index is 2.47. The van der Waals surface area contributed by atoms with Crippen LogP contribution in [0.4, 0.5) is 0 Å². The van der Waals surface area contributed by atoms with Gasteiger partial charge in [0.05, 0.1) is 32.1 Å². The predicted octanol–water partition coefficient (Wildman–Crippen LogP) is 4.14. The first-order chi connectivity index (χ1) is 6.49. The van der Waals surface area contributed by atoms with Gasteiger partial charge in [0.2, 0.25) is 0 Å². The normalized spacial score (nSPS) is 31.1. The summed E-state index contributed by atoms with van der Waals surface area (Å²) < 4.78 is 5.50. The topological polar surface area (TPSA) is 9.23 Å². The third kappa shape index (κ3) is 1.41. The second-order valence-electron chi connectivity index (χ2n) is 3.20. The fourth-order valence-corrected chi connectivity index (χ4v) is 3.17. The molecule has 0 aromatic heterocycles. The van der Waals surface area contributed by atoms with Crippen molar-refractivity contribution in [1.29, 1.82) is 0 Å². The van der Waals surface area contributed by atoms with E-state index in [9.17, 15) is 0 Å². The van der Waals surface area contributed by atoms with Crippen LogP contribution in [0, 0.1) is 0 Å². The van der Waals surface area contributed by atoms with E-state index in [1.165, 1.54) is 0 Å². The average molecular weight is 294 g/mol. The molecule has 0 aromatic rings. The Kier molecular flexibility index (Phi) is 3.03. The number of halogens is 5. The van der Waals surface area contributed by atoms with E-state index in [0.29, 0.717) is 23.1 Å². The Morgan fingerprint density at radius 3 is 1.93 bits per heavy atom. The first kappa shape index (κ1) is 11.4. The predicted molar refractivity (Wildman–Crippen MR) is 60.4 cm³/mol. The minimum Gasteiger partial charge on any atom is -0.362 e. The van der Waals surface area contributed by atoms with Gasteiger partial charge in [0, 0.05) is 6.42 Å². The van der Waals surface area contributed by atoms with Crippen LogP contribution in [0.2, 0.25) is 0 Å². The van der Waals surface area contributed by atoms with Crippen LogP contribution in [-0.2, 0) is 4.74 Å². The van der Waals surface area contributed by atoms with E-state index in [1.54, 1.807) is 0 Å². The van der Waals surface area contributed by atoms with Crippen LogP contribution in [0.1, 0.15) is 6.42 Å². The number of hydrogen-bond donors (Lipinski definition) is 0. The third-order valence-electron chi connectivity index (χ3n) is 2.31. The van der Waals surface area contributed by atoms with Crippen molar-refractivity contribution in [2.24, 2.45) is 0 Å². The van der Waals surface area contributed by atoms with Gasteiger partial charge in [0.15, 0.2) is 0 Å². The van der Waals surface area contributed by atoms with Crippen molar-refractivity contribution in [3.63, 3.8) is 0 Å². The summed E-state index contributed by atoms with van der Waals surface area (Å²) in [4.78, 5) is 0. The van der Waals surface area contributed by atoms with Crippen molar-refractivity contribution in [2.75, 3.05) is 6.61 Å². The smallest absolute Gasteiger partial charge is 0.144 e. The first-order valence-electron chi connectivity index (χ1n) is 3.89. The highest BCUT2D eigenvalue weighted by Crippen LogP contribution is 2.54. The third-order valence-corrected chi connectivity index (χ3v) is 4.62.